The van der Waals surface area contributed by atoms with Gasteiger partial charge < -0.3 is 14.8 Å². The zero-order valence-electron chi connectivity index (χ0n) is 16.5. The number of pyridine rings is 1. The molecule has 152 valence electrons. The summed E-state index contributed by atoms with van der Waals surface area (Å²) in [7, 11) is 0. The van der Waals surface area contributed by atoms with Gasteiger partial charge in [-0.15, -0.1) is 0 Å². The first-order valence-corrected chi connectivity index (χ1v) is 9.96. The lowest BCUT2D eigenvalue weighted by molar-refractivity contribution is -0.119. The Labute approximate surface area is 173 Å². The van der Waals surface area contributed by atoms with Crippen LogP contribution in [0.15, 0.2) is 48.7 Å². The summed E-state index contributed by atoms with van der Waals surface area (Å²) in [5.74, 6) is 0.946. The van der Waals surface area contributed by atoms with Crippen molar-refractivity contribution in [1.82, 2.24) is 10.3 Å². The predicted molar refractivity (Wildman–Crippen MR) is 112 cm³/mol. The Balaban J connectivity index is 1.52. The van der Waals surface area contributed by atoms with Gasteiger partial charge in [-0.25, -0.2) is 4.79 Å². The van der Waals surface area contributed by atoms with Gasteiger partial charge in [0.2, 0.25) is 5.91 Å². The van der Waals surface area contributed by atoms with Gasteiger partial charge in [-0.2, -0.15) is 0 Å². The van der Waals surface area contributed by atoms with E-state index in [-0.39, 0.29) is 24.5 Å². The molecule has 2 atom stereocenters. The number of amides is 2. The Kier molecular flexibility index (Phi) is 4.50. The molecule has 1 saturated heterocycles. The highest BCUT2D eigenvalue weighted by molar-refractivity contribution is 5.91. The van der Waals surface area contributed by atoms with Gasteiger partial charge in [-0.3, -0.25) is 15.1 Å². The summed E-state index contributed by atoms with van der Waals surface area (Å²) in [5.41, 5.74) is 4.46. The van der Waals surface area contributed by atoms with Gasteiger partial charge >= 0.3 is 6.09 Å². The molecule has 0 radical (unpaired) electrons. The van der Waals surface area contributed by atoms with Gasteiger partial charge in [0.05, 0.1) is 11.2 Å². The van der Waals surface area contributed by atoms with Gasteiger partial charge in [0, 0.05) is 36.0 Å². The maximum absolute atomic E-state index is 11.6. The molecule has 2 aliphatic rings. The van der Waals surface area contributed by atoms with Crippen LogP contribution in [-0.4, -0.2) is 29.6 Å². The highest BCUT2D eigenvalue weighted by Crippen LogP contribution is 2.35. The minimum Gasteiger partial charge on any atom is -0.490 e. The van der Waals surface area contributed by atoms with Crippen LogP contribution < -0.4 is 15.4 Å². The fourth-order valence-electron chi connectivity index (χ4n) is 3.97. The summed E-state index contributed by atoms with van der Waals surface area (Å²) in [6.45, 7) is 2.87. The first-order chi connectivity index (χ1) is 14.6. The number of rotatable bonds is 4. The molecule has 2 aliphatic heterocycles. The molecule has 2 unspecified atom stereocenters. The molecule has 2 amide bonds. The number of hydrogen-bond acceptors (Lipinski definition) is 5. The fourth-order valence-corrected chi connectivity index (χ4v) is 3.97. The number of benzene rings is 2. The van der Waals surface area contributed by atoms with Crippen molar-refractivity contribution in [2.45, 2.75) is 26.1 Å². The average Bonchev–Trinajstić information content (AvgIpc) is 3.19. The topological polar surface area (TPSA) is 89.6 Å². The number of nitrogens with zero attached hydrogens (tertiary/aromatic N) is 1. The summed E-state index contributed by atoms with van der Waals surface area (Å²) in [6.07, 6.45) is 1.69. The molecule has 0 saturated carbocycles. The Morgan fingerprint density at radius 2 is 2.07 bits per heavy atom. The summed E-state index contributed by atoms with van der Waals surface area (Å²) in [6, 6.07) is 13.8. The Morgan fingerprint density at radius 3 is 2.90 bits per heavy atom. The zero-order chi connectivity index (χ0) is 20.7. The summed E-state index contributed by atoms with van der Waals surface area (Å²) in [5, 5.41) is 6.51. The largest absolute Gasteiger partial charge is 0.490 e. The van der Waals surface area contributed by atoms with Crippen molar-refractivity contribution >= 4 is 28.6 Å². The summed E-state index contributed by atoms with van der Waals surface area (Å²) >= 11 is 0. The van der Waals surface area contributed by atoms with Crippen molar-refractivity contribution in [2.24, 2.45) is 5.92 Å². The standard InChI is InChI=1S/C23H21N3O4/c1-13(16-10-22(27)25-11-16)30-21-9-15(8-20-18(21)3-2-6-24-20)14-4-5-19-17(7-14)12-29-23(28)26-19/h2-9,13,16H,10-12H2,1H3,(H,25,27)(H,26,28). The van der Waals surface area contributed by atoms with Crippen LogP contribution in [0.3, 0.4) is 0 Å². The van der Waals surface area contributed by atoms with Crippen molar-refractivity contribution < 1.29 is 19.1 Å². The lowest BCUT2D eigenvalue weighted by Crippen LogP contribution is -2.25. The number of anilines is 1. The molecule has 7 heteroatoms. The van der Waals surface area contributed by atoms with Crippen LogP contribution in [0.25, 0.3) is 22.0 Å². The maximum Gasteiger partial charge on any atom is 0.411 e. The lowest BCUT2D eigenvalue weighted by atomic mass is 9.99. The molecule has 0 spiro atoms. The van der Waals surface area contributed by atoms with E-state index in [1.807, 2.05) is 49.4 Å². The van der Waals surface area contributed by atoms with E-state index in [0.717, 1.165) is 39.0 Å². The van der Waals surface area contributed by atoms with Crippen LogP contribution in [0, 0.1) is 5.92 Å². The third kappa shape index (κ3) is 3.43. The van der Waals surface area contributed by atoms with E-state index >= 15 is 0 Å². The third-order valence-corrected chi connectivity index (χ3v) is 5.70. The average molecular weight is 403 g/mol. The van der Waals surface area contributed by atoms with Gasteiger partial charge in [0.15, 0.2) is 0 Å². The second-order valence-corrected chi connectivity index (χ2v) is 7.71. The summed E-state index contributed by atoms with van der Waals surface area (Å²) in [4.78, 5) is 27.5. The minimum atomic E-state index is -0.435. The van der Waals surface area contributed by atoms with E-state index in [2.05, 4.69) is 15.6 Å². The molecule has 7 nitrogen and oxygen atoms in total. The van der Waals surface area contributed by atoms with E-state index in [4.69, 9.17) is 9.47 Å². The SMILES string of the molecule is CC(Oc1cc(-c2ccc3c(c2)COC(=O)N3)cc2ncccc12)C1CNC(=O)C1. The second kappa shape index (κ2) is 7.33. The van der Waals surface area contributed by atoms with Crippen molar-refractivity contribution in [3.05, 3.63) is 54.2 Å². The Morgan fingerprint density at radius 1 is 1.17 bits per heavy atom. The van der Waals surface area contributed by atoms with Gasteiger partial charge in [0.1, 0.15) is 18.5 Å². The third-order valence-electron chi connectivity index (χ3n) is 5.70. The summed E-state index contributed by atoms with van der Waals surface area (Å²) < 4.78 is 11.4. The highest BCUT2D eigenvalue weighted by atomic mass is 16.5. The molecular formula is C23H21N3O4. The Bertz CT molecular complexity index is 1160. The Hall–Kier alpha value is -3.61. The maximum atomic E-state index is 11.6. The molecule has 2 aromatic carbocycles. The molecular weight excluding hydrogens is 382 g/mol. The van der Waals surface area contributed by atoms with Crippen molar-refractivity contribution in [3.8, 4) is 16.9 Å². The number of fused-ring (bicyclic) bond motifs is 2. The number of ether oxygens (including phenoxy) is 2. The molecule has 0 aliphatic carbocycles. The highest BCUT2D eigenvalue weighted by Gasteiger charge is 2.28. The first kappa shape index (κ1) is 18.4. The van der Waals surface area contributed by atoms with E-state index < -0.39 is 6.09 Å². The van der Waals surface area contributed by atoms with Crippen LogP contribution in [-0.2, 0) is 16.1 Å². The van der Waals surface area contributed by atoms with Gasteiger partial charge in [-0.1, -0.05) is 6.07 Å². The smallest absolute Gasteiger partial charge is 0.411 e. The molecule has 0 bridgehead atoms. The van der Waals surface area contributed by atoms with E-state index in [0.29, 0.717) is 13.0 Å². The van der Waals surface area contributed by atoms with Crippen LogP contribution >= 0.6 is 0 Å². The predicted octanol–water partition coefficient (Wildman–Crippen LogP) is 3.87. The number of aromatic nitrogens is 1. The number of carbonyl (C=O) groups is 2. The molecule has 2 N–H and O–H groups in total. The van der Waals surface area contributed by atoms with Gasteiger partial charge in [-0.05, 0) is 54.4 Å². The molecule has 5 rings (SSSR count). The van der Waals surface area contributed by atoms with Crippen molar-refractivity contribution in [1.29, 1.82) is 0 Å². The number of nitrogens with one attached hydrogen (secondary N) is 2. The molecule has 1 fully saturated rings. The number of carbonyl (C=O) groups excluding carboxylic acids is 2. The van der Waals surface area contributed by atoms with E-state index in [1.165, 1.54) is 0 Å². The second-order valence-electron chi connectivity index (χ2n) is 7.71. The van der Waals surface area contributed by atoms with E-state index in [1.54, 1.807) is 6.20 Å². The van der Waals surface area contributed by atoms with Crippen LogP contribution in [0.1, 0.15) is 18.9 Å². The minimum absolute atomic E-state index is 0.0686. The van der Waals surface area contributed by atoms with Crippen molar-refractivity contribution in [2.75, 3.05) is 11.9 Å². The number of hydrogen-bond donors (Lipinski definition) is 2. The number of cyclic esters (lactones) is 1. The van der Waals surface area contributed by atoms with Crippen molar-refractivity contribution in [3.63, 3.8) is 0 Å². The quantitative estimate of drug-likeness (QED) is 0.690. The monoisotopic (exact) mass is 403 g/mol. The fraction of sp³-hybridized carbons (Fsp3) is 0.261. The molecule has 30 heavy (non-hydrogen) atoms. The first-order valence-electron chi connectivity index (χ1n) is 9.96. The van der Waals surface area contributed by atoms with Crippen LogP contribution in [0.2, 0.25) is 0 Å². The lowest BCUT2D eigenvalue weighted by Gasteiger charge is -2.22. The molecule has 3 heterocycles. The normalized spacial score (nSPS) is 18.9. The molecule has 1 aromatic heterocycles. The van der Waals surface area contributed by atoms with Gasteiger partial charge in [0.25, 0.3) is 0 Å². The molecule has 3 aromatic rings. The van der Waals surface area contributed by atoms with E-state index in [9.17, 15) is 9.59 Å². The van der Waals surface area contributed by atoms with Crippen LogP contribution in [0.4, 0.5) is 10.5 Å². The van der Waals surface area contributed by atoms with Crippen LogP contribution in [0.5, 0.6) is 5.75 Å². The zero-order valence-corrected chi connectivity index (χ0v) is 16.5.